The maximum atomic E-state index is 12.3. The van der Waals surface area contributed by atoms with Crippen LogP contribution in [0.1, 0.15) is 5.69 Å². The summed E-state index contributed by atoms with van der Waals surface area (Å²) in [6.07, 6.45) is 1.83. The van der Waals surface area contributed by atoms with Gasteiger partial charge in [-0.25, -0.2) is 4.98 Å². The minimum Gasteiger partial charge on any atom is -0.345 e. The summed E-state index contributed by atoms with van der Waals surface area (Å²) in [4.78, 5) is 21.5. The zero-order chi connectivity index (χ0) is 18.1. The van der Waals surface area contributed by atoms with Crippen LogP contribution in [0.5, 0.6) is 0 Å². The Hall–Kier alpha value is -2.45. The Kier molecular flexibility index (Phi) is 4.60. The summed E-state index contributed by atoms with van der Waals surface area (Å²) in [5.41, 5.74) is 2.67. The van der Waals surface area contributed by atoms with E-state index in [-0.39, 0.29) is 5.91 Å². The Morgan fingerprint density at radius 2 is 2.00 bits per heavy atom. The van der Waals surface area contributed by atoms with Crippen LogP contribution in [0.25, 0.3) is 10.2 Å². The van der Waals surface area contributed by atoms with Crippen LogP contribution < -0.4 is 10.2 Å². The molecule has 0 bridgehead atoms. The predicted molar refractivity (Wildman–Crippen MR) is 105 cm³/mol. The van der Waals surface area contributed by atoms with Gasteiger partial charge in [0, 0.05) is 39.4 Å². The molecule has 0 spiro atoms. The third-order valence-corrected chi connectivity index (χ3v) is 5.68. The molecule has 1 amide bonds. The van der Waals surface area contributed by atoms with Crippen molar-refractivity contribution in [3.63, 3.8) is 0 Å². The molecule has 1 saturated heterocycles. The van der Waals surface area contributed by atoms with Crippen LogP contribution in [0.4, 0.5) is 10.8 Å². The van der Waals surface area contributed by atoms with Crippen LogP contribution in [0.3, 0.4) is 0 Å². The highest BCUT2D eigenvalue weighted by atomic mass is 32.1. The van der Waals surface area contributed by atoms with Crippen molar-refractivity contribution in [1.29, 1.82) is 0 Å². The molecule has 0 atom stereocenters. The zero-order valence-corrected chi connectivity index (χ0v) is 15.8. The Labute approximate surface area is 156 Å². The number of amides is 1. The van der Waals surface area contributed by atoms with Crippen LogP contribution in [0.2, 0.25) is 0 Å². The van der Waals surface area contributed by atoms with Gasteiger partial charge in [-0.15, -0.1) is 0 Å². The summed E-state index contributed by atoms with van der Waals surface area (Å²) >= 11 is 1.73. The van der Waals surface area contributed by atoms with Crippen LogP contribution >= 0.6 is 11.3 Å². The molecule has 3 aromatic rings. The second kappa shape index (κ2) is 7.05. The number of nitrogens with one attached hydrogen (secondary N) is 1. The fraction of sp³-hybridized carbons (Fsp3) is 0.389. The van der Waals surface area contributed by atoms with Gasteiger partial charge in [0.05, 0.1) is 28.1 Å². The third-order valence-electron chi connectivity index (χ3n) is 4.58. The van der Waals surface area contributed by atoms with Crippen molar-refractivity contribution in [2.45, 2.75) is 6.92 Å². The van der Waals surface area contributed by atoms with Gasteiger partial charge in [0.1, 0.15) is 0 Å². The fourth-order valence-electron chi connectivity index (χ4n) is 3.21. The maximum absolute atomic E-state index is 12.3. The number of piperazine rings is 1. The van der Waals surface area contributed by atoms with Gasteiger partial charge in [0.25, 0.3) is 0 Å². The molecule has 1 aliphatic heterocycles. The van der Waals surface area contributed by atoms with Crippen molar-refractivity contribution in [2.24, 2.45) is 7.05 Å². The number of fused-ring (bicyclic) bond motifs is 1. The first-order chi connectivity index (χ1) is 12.6. The molecule has 26 heavy (non-hydrogen) atoms. The van der Waals surface area contributed by atoms with Crippen molar-refractivity contribution in [2.75, 3.05) is 42.9 Å². The van der Waals surface area contributed by atoms with Gasteiger partial charge in [0.15, 0.2) is 5.13 Å². The molecule has 0 radical (unpaired) electrons. The van der Waals surface area contributed by atoms with E-state index in [2.05, 4.69) is 32.3 Å². The number of thiazole rings is 1. The van der Waals surface area contributed by atoms with Crippen molar-refractivity contribution < 1.29 is 4.79 Å². The Bertz CT molecular complexity index is 892. The molecule has 1 aromatic carbocycles. The number of hydrogen-bond donors (Lipinski definition) is 1. The summed E-state index contributed by atoms with van der Waals surface area (Å²) in [5.74, 6) is 0.00883. The van der Waals surface area contributed by atoms with E-state index in [0.717, 1.165) is 48.2 Å². The van der Waals surface area contributed by atoms with E-state index in [1.807, 2.05) is 32.3 Å². The molecule has 2 aromatic heterocycles. The van der Waals surface area contributed by atoms with Crippen molar-refractivity contribution in [3.8, 4) is 0 Å². The van der Waals surface area contributed by atoms with Crippen LogP contribution in [-0.4, -0.2) is 58.3 Å². The van der Waals surface area contributed by atoms with Crippen LogP contribution in [-0.2, 0) is 11.8 Å². The lowest BCUT2D eigenvalue weighted by Crippen LogP contribution is -2.48. The number of aryl methyl sites for hydroxylation is 2. The van der Waals surface area contributed by atoms with Gasteiger partial charge in [-0.2, -0.15) is 5.10 Å². The summed E-state index contributed by atoms with van der Waals surface area (Å²) in [5, 5.41) is 8.27. The first kappa shape index (κ1) is 17.0. The molecular formula is C18H22N6OS. The highest BCUT2D eigenvalue weighted by molar-refractivity contribution is 7.22. The van der Waals surface area contributed by atoms with Crippen molar-refractivity contribution in [1.82, 2.24) is 19.7 Å². The quantitative estimate of drug-likeness (QED) is 0.762. The lowest BCUT2D eigenvalue weighted by atomic mass is 10.3. The average molecular weight is 370 g/mol. The van der Waals surface area contributed by atoms with E-state index in [4.69, 9.17) is 4.98 Å². The van der Waals surface area contributed by atoms with Gasteiger partial charge in [-0.05, 0) is 19.1 Å². The van der Waals surface area contributed by atoms with E-state index in [9.17, 15) is 4.79 Å². The van der Waals surface area contributed by atoms with Gasteiger partial charge in [0.2, 0.25) is 5.91 Å². The Morgan fingerprint density at radius 1 is 1.23 bits per heavy atom. The molecule has 136 valence electrons. The first-order valence-corrected chi connectivity index (χ1v) is 9.53. The molecule has 0 unspecified atom stereocenters. The summed E-state index contributed by atoms with van der Waals surface area (Å²) in [6, 6.07) is 8.23. The predicted octanol–water partition coefficient (Wildman–Crippen LogP) is 2.10. The number of para-hydroxylation sites is 1. The van der Waals surface area contributed by atoms with Crippen LogP contribution in [0, 0.1) is 6.92 Å². The monoisotopic (exact) mass is 370 g/mol. The highest BCUT2D eigenvalue weighted by Gasteiger charge is 2.21. The number of benzene rings is 1. The first-order valence-electron chi connectivity index (χ1n) is 8.71. The molecule has 0 saturated carbocycles. The smallest absolute Gasteiger partial charge is 0.238 e. The maximum Gasteiger partial charge on any atom is 0.238 e. The molecule has 1 aliphatic rings. The minimum absolute atomic E-state index is 0.00883. The molecular weight excluding hydrogens is 348 g/mol. The third kappa shape index (κ3) is 3.56. The fourth-order valence-corrected chi connectivity index (χ4v) is 4.22. The second-order valence-electron chi connectivity index (χ2n) is 6.58. The minimum atomic E-state index is 0.00883. The lowest BCUT2D eigenvalue weighted by Gasteiger charge is -2.34. The number of nitrogens with zero attached hydrogens (tertiary/aromatic N) is 5. The van der Waals surface area contributed by atoms with E-state index in [0.29, 0.717) is 6.54 Å². The van der Waals surface area contributed by atoms with Gasteiger partial charge < -0.3 is 10.2 Å². The standard InChI is InChI=1S/C18H22N6OS/c1-13-15(11-22(2)21-13)19-17(25)12-23-7-9-24(10-8-23)18-20-14-5-3-4-6-16(14)26-18/h3-6,11H,7-10,12H2,1-2H3,(H,19,25). The van der Waals surface area contributed by atoms with Gasteiger partial charge >= 0.3 is 0 Å². The summed E-state index contributed by atoms with van der Waals surface area (Å²) < 4.78 is 2.93. The number of aromatic nitrogens is 3. The molecule has 1 N–H and O–H groups in total. The van der Waals surface area contributed by atoms with Crippen molar-refractivity contribution in [3.05, 3.63) is 36.2 Å². The zero-order valence-electron chi connectivity index (χ0n) is 15.0. The normalized spacial score (nSPS) is 15.5. The second-order valence-corrected chi connectivity index (χ2v) is 7.59. The average Bonchev–Trinajstić information content (AvgIpc) is 3.18. The number of hydrogen-bond acceptors (Lipinski definition) is 6. The molecule has 1 fully saturated rings. The van der Waals surface area contributed by atoms with E-state index < -0.39 is 0 Å². The largest absolute Gasteiger partial charge is 0.345 e. The SMILES string of the molecule is Cc1nn(C)cc1NC(=O)CN1CCN(c2nc3ccccc3s2)CC1. The van der Waals surface area contributed by atoms with E-state index >= 15 is 0 Å². The molecule has 4 rings (SSSR count). The summed E-state index contributed by atoms with van der Waals surface area (Å²) in [6.45, 7) is 5.79. The molecule has 7 nitrogen and oxygen atoms in total. The number of carbonyl (C=O) groups excluding carboxylic acids is 1. The van der Waals surface area contributed by atoms with E-state index in [1.54, 1.807) is 16.0 Å². The van der Waals surface area contributed by atoms with Gasteiger partial charge in [-0.1, -0.05) is 23.5 Å². The number of carbonyl (C=O) groups is 1. The Morgan fingerprint density at radius 3 is 2.69 bits per heavy atom. The molecule has 0 aliphatic carbocycles. The number of rotatable bonds is 4. The lowest BCUT2D eigenvalue weighted by molar-refractivity contribution is -0.117. The Balaban J connectivity index is 1.32. The molecule has 3 heterocycles. The van der Waals surface area contributed by atoms with Gasteiger partial charge in [-0.3, -0.25) is 14.4 Å². The highest BCUT2D eigenvalue weighted by Crippen LogP contribution is 2.29. The summed E-state index contributed by atoms with van der Waals surface area (Å²) in [7, 11) is 1.85. The molecule has 8 heteroatoms. The van der Waals surface area contributed by atoms with Crippen molar-refractivity contribution >= 4 is 38.3 Å². The van der Waals surface area contributed by atoms with E-state index in [1.165, 1.54) is 4.70 Å². The topological polar surface area (TPSA) is 66.3 Å². The number of anilines is 2. The van der Waals surface area contributed by atoms with Crippen LogP contribution in [0.15, 0.2) is 30.5 Å².